The summed E-state index contributed by atoms with van der Waals surface area (Å²) >= 11 is 0. The summed E-state index contributed by atoms with van der Waals surface area (Å²) in [6.07, 6.45) is 1.37. The molecule has 2 aromatic rings. The Labute approximate surface area is 109 Å². The number of pyridine rings is 1. The van der Waals surface area contributed by atoms with Gasteiger partial charge in [-0.1, -0.05) is 6.07 Å². The molecule has 1 N–H and O–H groups in total. The zero-order chi connectivity index (χ0) is 13.4. The average Bonchev–Trinajstić information content (AvgIpc) is 2.85. The highest BCUT2D eigenvalue weighted by Gasteiger charge is 2.17. The van der Waals surface area contributed by atoms with Gasteiger partial charge < -0.3 is 14.6 Å². The first kappa shape index (κ1) is 11.5. The quantitative estimate of drug-likeness (QED) is 0.895. The van der Waals surface area contributed by atoms with E-state index in [2.05, 4.69) is 4.98 Å². The van der Waals surface area contributed by atoms with Crippen molar-refractivity contribution in [1.82, 2.24) is 4.98 Å². The molecule has 1 aliphatic heterocycles. The fraction of sp³-hybridized carbons (Fsp3) is 0.143. The van der Waals surface area contributed by atoms with Crippen LogP contribution >= 0.6 is 0 Å². The van der Waals surface area contributed by atoms with E-state index < -0.39 is 5.97 Å². The lowest BCUT2D eigenvalue weighted by Crippen LogP contribution is -2.01. The SMILES string of the molecule is Cc1cc(-c2ccc3c(c2)OCO3)c(C(=O)O)cn1. The van der Waals surface area contributed by atoms with E-state index in [1.54, 1.807) is 18.2 Å². The van der Waals surface area contributed by atoms with E-state index in [0.29, 0.717) is 17.1 Å². The van der Waals surface area contributed by atoms with E-state index in [0.717, 1.165) is 11.3 Å². The van der Waals surface area contributed by atoms with Crippen LogP contribution in [0.3, 0.4) is 0 Å². The highest BCUT2D eigenvalue weighted by Crippen LogP contribution is 2.36. The van der Waals surface area contributed by atoms with Gasteiger partial charge in [-0.25, -0.2) is 4.79 Å². The molecule has 5 heteroatoms. The Kier molecular flexibility index (Phi) is 2.59. The summed E-state index contributed by atoms with van der Waals surface area (Å²) in [4.78, 5) is 15.3. The number of ether oxygens (including phenoxy) is 2. The van der Waals surface area contributed by atoms with Crippen LogP contribution in [0.15, 0.2) is 30.5 Å². The van der Waals surface area contributed by atoms with Crippen molar-refractivity contribution < 1.29 is 19.4 Å². The topological polar surface area (TPSA) is 68.7 Å². The normalized spacial score (nSPS) is 12.5. The lowest BCUT2D eigenvalue weighted by Gasteiger charge is -2.08. The second kappa shape index (κ2) is 4.28. The van der Waals surface area contributed by atoms with Crippen LogP contribution in [0.1, 0.15) is 16.1 Å². The molecule has 3 rings (SSSR count). The summed E-state index contributed by atoms with van der Waals surface area (Å²) in [5, 5.41) is 9.22. The van der Waals surface area contributed by atoms with E-state index >= 15 is 0 Å². The maximum atomic E-state index is 11.2. The van der Waals surface area contributed by atoms with Crippen LogP contribution in [-0.4, -0.2) is 22.9 Å². The van der Waals surface area contributed by atoms with Gasteiger partial charge in [0.15, 0.2) is 11.5 Å². The van der Waals surface area contributed by atoms with Crippen molar-refractivity contribution in [3.05, 3.63) is 41.7 Å². The molecule has 5 nitrogen and oxygen atoms in total. The second-order valence-electron chi connectivity index (χ2n) is 4.24. The molecule has 0 amide bonds. The molecule has 2 heterocycles. The van der Waals surface area contributed by atoms with Crippen LogP contribution in [0.2, 0.25) is 0 Å². The Hall–Kier alpha value is -2.56. The first-order chi connectivity index (χ1) is 9.15. The van der Waals surface area contributed by atoms with E-state index in [4.69, 9.17) is 9.47 Å². The zero-order valence-corrected chi connectivity index (χ0v) is 10.2. The highest BCUT2D eigenvalue weighted by molar-refractivity contribution is 5.96. The Morgan fingerprint density at radius 2 is 2.05 bits per heavy atom. The summed E-state index contributed by atoms with van der Waals surface area (Å²) in [5.74, 6) is 0.301. The Morgan fingerprint density at radius 1 is 1.26 bits per heavy atom. The first-order valence-electron chi connectivity index (χ1n) is 5.75. The number of hydrogen-bond acceptors (Lipinski definition) is 4. The molecule has 0 saturated carbocycles. The van der Waals surface area contributed by atoms with Gasteiger partial charge in [0, 0.05) is 11.9 Å². The number of rotatable bonds is 2. The Bertz CT molecular complexity index is 666. The van der Waals surface area contributed by atoms with Crippen molar-refractivity contribution in [2.45, 2.75) is 6.92 Å². The van der Waals surface area contributed by atoms with Gasteiger partial charge in [0.25, 0.3) is 0 Å². The van der Waals surface area contributed by atoms with Crippen molar-refractivity contribution in [3.8, 4) is 22.6 Å². The molecule has 0 atom stereocenters. The number of fused-ring (bicyclic) bond motifs is 1. The van der Waals surface area contributed by atoms with Crippen molar-refractivity contribution in [1.29, 1.82) is 0 Å². The maximum absolute atomic E-state index is 11.2. The van der Waals surface area contributed by atoms with Crippen molar-refractivity contribution in [2.75, 3.05) is 6.79 Å². The number of benzene rings is 1. The second-order valence-corrected chi connectivity index (χ2v) is 4.24. The smallest absolute Gasteiger partial charge is 0.337 e. The van der Waals surface area contributed by atoms with Gasteiger partial charge in [-0.2, -0.15) is 0 Å². The van der Waals surface area contributed by atoms with Gasteiger partial charge >= 0.3 is 5.97 Å². The number of carboxylic acid groups (broad SMARTS) is 1. The van der Waals surface area contributed by atoms with Gasteiger partial charge in [0.05, 0.1) is 5.56 Å². The third-order valence-electron chi connectivity index (χ3n) is 2.95. The molecule has 1 aromatic carbocycles. The molecule has 0 saturated heterocycles. The summed E-state index contributed by atoms with van der Waals surface area (Å²) in [7, 11) is 0. The molecule has 0 bridgehead atoms. The molecular formula is C14H11NO4. The monoisotopic (exact) mass is 257 g/mol. The molecule has 1 aromatic heterocycles. The fourth-order valence-corrected chi connectivity index (χ4v) is 2.03. The number of hydrogen-bond donors (Lipinski definition) is 1. The van der Waals surface area contributed by atoms with Crippen LogP contribution in [0.25, 0.3) is 11.1 Å². The van der Waals surface area contributed by atoms with E-state index in [1.807, 2.05) is 13.0 Å². The van der Waals surface area contributed by atoms with Gasteiger partial charge in [-0.15, -0.1) is 0 Å². The predicted molar refractivity (Wildman–Crippen MR) is 67.5 cm³/mol. The molecule has 0 fully saturated rings. The minimum Gasteiger partial charge on any atom is -0.478 e. The van der Waals surface area contributed by atoms with Crippen LogP contribution in [-0.2, 0) is 0 Å². The fourth-order valence-electron chi connectivity index (χ4n) is 2.03. The van der Waals surface area contributed by atoms with Gasteiger partial charge in [0.2, 0.25) is 6.79 Å². The van der Waals surface area contributed by atoms with Crippen LogP contribution in [0, 0.1) is 6.92 Å². The van der Waals surface area contributed by atoms with Gasteiger partial charge in [-0.3, -0.25) is 4.98 Å². The summed E-state index contributed by atoms with van der Waals surface area (Å²) in [6.45, 7) is 2.02. The standard InChI is InChI=1S/C14H11NO4/c1-8-4-10(11(6-15-8)14(16)17)9-2-3-12-13(5-9)19-7-18-12/h2-6H,7H2,1H3,(H,16,17). The minimum absolute atomic E-state index is 0.171. The van der Waals surface area contributed by atoms with E-state index in [-0.39, 0.29) is 12.4 Å². The molecule has 0 spiro atoms. The van der Waals surface area contributed by atoms with Crippen LogP contribution < -0.4 is 9.47 Å². The van der Waals surface area contributed by atoms with Crippen LogP contribution in [0.5, 0.6) is 11.5 Å². The Morgan fingerprint density at radius 3 is 2.84 bits per heavy atom. The van der Waals surface area contributed by atoms with Gasteiger partial charge in [-0.05, 0) is 36.2 Å². The Balaban J connectivity index is 2.16. The summed E-state index contributed by atoms with van der Waals surface area (Å²) < 4.78 is 10.5. The number of nitrogens with zero attached hydrogens (tertiary/aromatic N) is 1. The lowest BCUT2D eigenvalue weighted by molar-refractivity contribution is 0.0697. The highest BCUT2D eigenvalue weighted by atomic mass is 16.7. The molecule has 0 aliphatic carbocycles. The minimum atomic E-state index is -1.000. The largest absolute Gasteiger partial charge is 0.478 e. The van der Waals surface area contributed by atoms with Gasteiger partial charge in [0.1, 0.15) is 0 Å². The lowest BCUT2D eigenvalue weighted by atomic mass is 10.0. The maximum Gasteiger partial charge on any atom is 0.337 e. The number of carboxylic acids is 1. The number of aromatic nitrogens is 1. The summed E-state index contributed by atoms with van der Waals surface area (Å²) in [6, 6.07) is 7.12. The van der Waals surface area contributed by atoms with Crippen molar-refractivity contribution >= 4 is 5.97 Å². The number of aryl methyl sites for hydroxylation is 1. The average molecular weight is 257 g/mol. The number of aromatic carboxylic acids is 1. The van der Waals surface area contributed by atoms with E-state index in [1.165, 1.54) is 6.20 Å². The first-order valence-corrected chi connectivity index (χ1v) is 5.75. The zero-order valence-electron chi connectivity index (χ0n) is 10.2. The predicted octanol–water partition coefficient (Wildman–Crippen LogP) is 2.48. The van der Waals surface area contributed by atoms with Crippen LogP contribution in [0.4, 0.5) is 0 Å². The molecular weight excluding hydrogens is 246 g/mol. The molecule has 0 radical (unpaired) electrons. The van der Waals surface area contributed by atoms with Crippen molar-refractivity contribution in [3.63, 3.8) is 0 Å². The van der Waals surface area contributed by atoms with Crippen molar-refractivity contribution in [2.24, 2.45) is 0 Å². The van der Waals surface area contributed by atoms with E-state index in [9.17, 15) is 9.90 Å². The molecule has 0 unspecified atom stereocenters. The third-order valence-corrected chi connectivity index (χ3v) is 2.95. The number of carbonyl (C=O) groups is 1. The molecule has 96 valence electrons. The molecule has 19 heavy (non-hydrogen) atoms. The summed E-state index contributed by atoms with van der Waals surface area (Å²) in [5.41, 5.74) is 2.33. The third kappa shape index (κ3) is 1.99. The molecule has 1 aliphatic rings.